The lowest BCUT2D eigenvalue weighted by molar-refractivity contribution is 0.280. The third-order valence-electron chi connectivity index (χ3n) is 1.83. The molecule has 0 amide bonds. The van der Waals surface area contributed by atoms with Crippen LogP contribution in [0.4, 0.5) is 0 Å². The van der Waals surface area contributed by atoms with Crippen molar-refractivity contribution in [1.29, 1.82) is 0 Å². The first-order chi connectivity index (χ1) is 6.24. The number of aliphatic hydroxyl groups excluding tert-OH is 1. The van der Waals surface area contributed by atoms with Crippen LogP contribution in [0.25, 0.3) is 0 Å². The minimum atomic E-state index is -0.0304. The van der Waals surface area contributed by atoms with Gasteiger partial charge < -0.3 is 10.8 Å². The van der Waals surface area contributed by atoms with E-state index in [4.69, 9.17) is 10.8 Å². The molecule has 0 aliphatic carbocycles. The van der Waals surface area contributed by atoms with Crippen molar-refractivity contribution in [2.24, 2.45) is 5.73 Å². The number of aromatic nitrogens is 1. The molecule has 0 aliphatic rings. The summed E-state index contributed by atoms with van der Waals surface area (Å²) in [5.74, 6) is 0. The second-order valence-electron chi connectivity index (χ2n) is 2.91. The zero-order valence-corrected chi connectivity index (χ0v) is 8.87. The van der Waals surface area contributed by atoms with E-state index in [1.165, 1.54) is 0 Å². The van der Waals surface area contributed by atoms with Crippen LogP contribution in [0.1, 0.15) is 24.4 Å². The van der Waals surface area contributed by atoms with Gasteiger partial charge >= 0.3 is 0 Å². The van der Waals surface area contributed by atoms with Crippen LogP contribution < -0.4 is 5.73 Å². The summed E-state index contributed by atoms with van der Waals surface area (Å²) in [7, 11) is 0. The standard InChI is InChI=1S/C9H13BrN2O/c10-8-4-7(5-12-6-8)9(11)2-1-3-13/h4-6,9,13H,1-3,11H2/t9-/m1/s1. The lowest BCUT2D eigenvalue weighted by Gasteiger charge is -2.10. The summed E-state index contributed by atoms with van der Waals surface area (Å²) in [6.45, 7) is 0.190. The van der Waals surface area contributed by atoms with Crippen LogP contribution in [0.5, 0.6) is 0 Å². The van der Waals surface area contributed by atoms with Gasteiger partial charge in [0.05, 0.1) is 0 Å². The Labute approximate surface area is 86.1 Å². The molecule has 1 rings (SSSR count). The van der Waals surface area contributed by atoms with E-state index in [2.05, 4.69) is 20.9 Å². The van der Waals surface area contributed by atoms with Crippen LogP contribution in [-0.4, -0.2) is 16.7 Å². The molecular weight excluding hydrogens is 232 g/mol. The summed E-state index contributed by atoms with van der Waals surface area (Å²) < 4.78 is 0.935. The quantitative estimate of drug-likeness (QED) is 0.847. The monoisotopic (exact) mass is 244 g/mol. The van der Waals surface area contributed by atoms with Crippen LogP contribution in [0.3, 0.4) is 0 Å². The van der Waals surface area contributed by atoms with E-state index in [1.807, 2.05) is 6.07 Å². The van der Waals surface area contributed by atoms with Gasteiger partial charge in [-0.3, -0.25) is 4.98 Å². The van der Waals surface area contributed by atoms with Crippen LogP contribution in [-0.2, 0) is 0 Å². The zero-order valence-electron chi connectivity index (χ0n) is 7.28. The fourth-order valence-corrected chi connectivity index (χ4v) is 1.49. The molecule has 0 radical (unpaired) electrons. The highest BCUT2D eigenvalue weighted by Crippen LogP contribution is 2.18. The van der Waals surface area contributed by atoms with Crippen molar-refractivity contribution in [2.75, 3.05) is 6.61 Å². The molecule has 0 spiro atoms. The molecule has 0 unspecified atom stereocenters. The third kappa shape index (κ3) is 3.42. The second-order valence-corrected chi connectivity index (χ2v) is 3.82. The summed E-state index contributed by atoms with van der Waals surface area (Å²) in [5.41, 5.74) is 6.88. The molecule has 13 heavy (non-hydrogen) atoms. The Balaban J connectivity index is 2.60. The van der Waals surface area contributed by atoms with Gasteiger partial charge in [0, 0.05) is 29.5 Å². The Hall–Kier alpha value is -0.450. The maximum atomic E-state index is 8.64. The SMILES string of the molecule is N[C@H](CCCO)c1cncc(Br)c1. The highest BCUT2D eigenvalue weighted by atomic mass is 79.9. The van der Waals surface area contributed by atoms with Crippen LogP contribution in [0.15, 0.2) is 22.9 Å². The van der Waals surface area contributed by atoms with Crippen molar-refractivity contribution in [3.8, 4) is 0 Å². The van der Waals surface area contributed by atoms with E-state index >= 15 is 0 Å². The van der Waals surface area contributed by atoms with E-state index in [0.717, 1.165) is 22.9 Å². The van der Waals surface area contributed by atoms with Crippen LogP contribution in [0, 0.1) is 0 Å². The Morgan fingerprint density at radius 3 is 2.92 bits per heavy atom. The molecule has 0 saturated carbocycles. The predicted octanol–water partition coefficient (Wildman–Crippen LogP) is 1.62. The van der Waals surface area contributed by atoms with Gasteiger partial charge in [-0.25, -0.2) is 0 Å². The van der Waals surface area contributed by atoms with Crippen LogP contribution in [0.2, 0.25) is 0 Å². The number of hydrogen-bond acceptors (Lipinski definition) is 3. The first kappa shape index (κ1) is 10.6. The number of halogens is 1. The highest BCUT2D eigenvalue weighted by molar-refractivity contribution is 9.10. The molecular formula is C9H13BrN2O. The van der Waals surface area contributed by atoms with Gasteiger partial charge in [0.2, 0.25) is 0 Å². The van der Waals surface area contributed by atoms with Crippen molar-refractivity contribution in [1.82, 2.24) is 4.98 Å². The second kappa shape index (κ2) is 5.32. The molecule has 0 fully saturated rings. The predicted molar refractivity (Wildman–Crippen MR) is 55.2 cm³/mol. The normalized spacial score (nSPS) is 12.8. The minimum absolute atomic E-state index is 0.0304. The molecule has 72 valence electrons. The summed E-state index contributed by atoms with van der Waals surface area (Å²) in [4.78, 5) is 4.02. The van der Waals surface area contributed by atoms with Gasteiger partial charge in [0.25, 0.3) is 0 Å². The number of pyridine rings is 1. The Morgan fingerprint density at radius 1 is 1.54 bits per heavy atom. The largest absolute Gasteiger partial charge is 0.396 e. The maximum Gasteiger partial charge on any atom is 0.0431 e. The fourth-order valence-electron chi connectivity index (χ4n) is 1.11. The van der Waals surface area contributed by atoms with Crippen molar-refractivity contribution >= 4 is 15.9 Å². The minimum Gasteiger partial charge on any atom is -0.396 e. The Kier molecular flexibility index (Phi) is 4.35. The van der Waals surface area contributed by atoms with Gasteiger partial charge in [0.15, 0.2) is 0 Å². The molecule has 1 aromatic rings. The molecule has 0 bridgehead atoms. The molecule has 0 aromatic carbocycles. The first-order valence-electron chi connectivity index (χ1n) is 4.21. The van der Waals surface area contributed by atoms with Gasteiger partial charge in [-0.2, -0.15) is 0 Å². The van der Waals surface area contributed by atoms with Gasteiger partial charge in [-0.05, 0) is 40.4 Å². The summed E-state index contributed by atoms with van der Waals surface area (Å²) in [6, 6.07) is 1.92. The molecule has 1 heterocycles. The summed E-state index contributed by atoms with van der Waals surface area (Å²) in [5, 5.41) is 8.64. The highest BCUT2D eigenvalue weighted by Gasteiger charge is 2.05. The molecule has 4 heteroatoms. The van der Waals surface area contributed by atoms with Crippen molar-refractivity contribution in [3.05, 3.63) is 28.5 Å². The van der Waals surface area contributed by atoms with E-state index < -0.39 is 0 Å². The van der Waals surface area contributed by atoms with Crippen molar-refractivity contribution in [2.45, 2.75) is 18.9 Å². The average Bonchev–Trinajstić information content (AvgIpc) is 2.14. The number of aliphatic hydroxyl groups is 1. The first-order valence-corrected chi connectivity index (χ1v) is 5.00. The molecule has 0 saturated heterocycles. The molecule has 1 aromatic heterocycles. The molecule has 3 N–H and O–H groups in total. The Morgan fingerprint density at radius 2 is 2.31 bits per heavy atom. The lowest BCUT2D eigenvalue weighted by atomic mass is 10.1. The zero-order chi connectivity index (χ0) is 9.68. The van der Waals surface area contributed by atoms with Crippen LogP contribution >= 0.6 is 15.9 Å². The van der Waals surface area contributed by atoms with E-state index in [-0.39, 0.29) is 12.6 Å². The smallest absolute Gasteiger partial charge is 0.0431 e. The van der Waals surface area contributed by atoms with Crippen molar-refractivity contribution in [3.63, 3.8) is 0 Å². The average molecular weight is 245 g/mol. The van der Waals surface area contributed by atoms with Gasteiger partial charge in [-0.15, -0.1) is 0 Å². The Bertz CT molecular complexity index is 268. The third-order valence-corrected chi connectivity index (χ3v) is 2.26. The summed E-state index contributed by atoms with van der Waals surface area (Å²) in [6.07, 6.45) is 5.00. The molecule has 0 aliphatic heterocycles. The van der Waals surface area contributed by atoms with Crippen molar-refractivity contribution < 1.29 is 5.11 Å². The summed E-state index contributed by atoms with van der Waals surface area (Å²) >= 11 is 3.33. The van der Waals surface area contributed by atoms with E-state index in [9.17, 15) is 0 Å². The van der Waals surface area contributed by atoms with E-state index in [1.54, 1.807) is 12.4 Å². The number of hydrogen-bond donors (Lipinski definition) is 2. The topological polar surface area (TPSA) is 59.1 Å². The maximum absolute atomic E-state index is 8.64. The van der Waals surface area contributed by atoms with Gasteiger partial charge in [0.1, 0.15) is 0 Å². The van der Waals surface area contributed by atoms with Gasteiger partial charge in [-0.1, -0.05) is 0 Å². The fraction of sp³-hybridized carbons (Fsp3) is 0.444. The lowest BCUT2D eigenvalue weighted by Crippen LogP contribution is -2.11. The number of nitrogens with two attached hydrogens (primary N) is 1. The number of rotatable bonds is 4. The van der Waals surface area contributed by atoms with E-state index in [0.29, 0.717) is 0 Å². The number of nitrogens with zero attached hydrogens (tertiary/aromatic N) is 1. The molecule has 3 nitrogen and oxygen atoms in total. The molecule has 1 atom stereocenters.